The molecule has 0 saturated carbocycles. The molecule has 0 spiro atoms. The molecule has 2 rings (SSSR count). The fourth-order valence-electron chi connectivity index (χ4n) is 2.03. The van der Waals surface area contributed by atoms with E-state index in [0.717, 1.165) is 23.3 Å². The van der Waals surface area contributed by atoms with Crippen molar-refractivity contribution in [2.24, 2.45) is 0 Å². The second kappa shape index (κ2) is 5.70. The number of aryl methyl sites for hydroxylation is 2. The molecule has 102 valence electrons. The van der Waals surface area contributed by atoms with Crippen LogP contribution in [0.25, 0.3) is 0 Å². The van der Waals surface area contributed by atoms with E-state index in [9.17, 15) is 8.78 Å². The van der Waals surface area contributed by atoms with Crippen LogP contribution in [0.3, 0.4) is 0 Å². The highest BCUT2D eigenvalue weighted by molar-refractivity contribution is 5.47. The molecule has 2 aromatic carbocycles. The molecule has 2 nitrogen and oxygen atoms in total. The van der Waals surface area contributed by atoms with Gasteiger partial charge in [0.15, 0.2) is 11.6 Å². The van der Waals surface area contributed by atoms with Gasteiger partial charge in [-0.25, -0.2) is 8.78 Å². The Hall–Kier alpha value is -2.41. The van der Waals surface area contributed by atoms with E-state index in [4.69, 9.17) is 10.00 Å². The maximum absolute atomic E-state index is 13.1. The second-order valence-corrected chi connectivity index (χ2v) is 4.59. The number of rotatable bonds is 3. The number of hydrogen-bond acceptors (Lipinski definition) is 2. The van der Waals surface area contributed by atoms with Crippen molar-refractivity contribution in [1.29, 1.82) is 5.26 Å². The first-order valence-electron chi connectivity index (χ1n) is 6.09. The highest BCUT2D eigenvalue weighted by Gasteiger charge is 2.08. The highest BCUT2D eigenvalue weighted by Crippen LogP contribution is 2.25. The summed E-state index contributed by atoms with van der Waals surface area (Å²) in [6.07, 6.45) is 0. The summed E-state index contributed by atoms with van der Waals surface area (Å²) in [7, 11) is 0. The summed E-state index contributed by atoms with van der Waals surface area (Å²) >= 11 is 0. The molecule has 20 heavy (non-hydrogen) atoms. The summed E-state index contributed by atoms with van der Waals surface area (Å²) in [5, 5.41) is 8.87. The lowest BCUT2D eigenvalue weighted by atomic mass is 10.1. The molecule has 0 amide bonds. The van der Waals surface area contributed by atoms with E-state index in [-0.39, 0.29) is 6.61 Å². The Balaban J connectivity index is 2.19. The van der Waals surface area contributed by atoms with Crippen LogP contribution in [0, 0.1) is 36.8 Å². The monoisotopic (exact) mass is 273 g/mol. The van der Waals surface area contributed by atoms with Gasteiger partial charge >= 0.3 is 0 Å². The third kappa shape index (κ3) is 2.94. The number of hydrogen-bond donors (Lipinski definition) is 0. The zero-order valence-electron chi connectivity index (χ0n) is 11.2. The molecule has 0 N–H and O–H groups in total. The Bertz CT molecular complexity index is 666. The summed E-state index contributed by atoms with van der Waals surface area (Å²) in [6.45, 7) is 3.83. The minimum Gasteiger partial charge on any atom is -0.488 e. The number of benzene rings is 2. The molecule has 0 saturated heterocycles. The molecular weight excluding hydrogens is 260 g/mol. The van der Waals surface area contributed by atoms with Crippen LogP contribution in [0.1, 0.15) is 22.3 Å². The zero-order valence-corrected chi connectivity index (χ0v) is 11.2. The number of ether oxygens (including phenoxy) is 1. The maximum atomic E-state index is 13.1. The van der Waals surface area contributed by atoms with Gasteiger partial charge in [-0.3, -0.25) is 0 Å². The van der Waals surface area contributed by atoms with Gasteiger partial charge in [0.25, 0.3) is 0 Å². The average Bonchev–Trinajstić information content (AvgIpc) is 2.41. The summed E-state index contributed by atoms with van der Waals surface area (Å²) in [5.41, 5.74) is 2.79. The fraction of sp³-hybridized carbons (Fsp3) is 0.188. The van der Waals surface area contributed by atoms with E-state index in [1.165, 1.54) is 6.07 Å². The zero-order chi connectivity index (χ0) is 14.7. The van der Waals surface area contributed by atoms with Crippen LogP contribution in [-0.2, 0) is 6.61 Å². The fourth-order valence-corrected chi connectivity index (χ4v) is 2.03. The van der Waals surface area contributed by atoms with Gasteiger partial charge in [0.05, 0.1) is 11.6 Å². The van der Waals surface area contributed by atoms with Crippen molar-refractivity contribution in [3.8, 4) is 11.8 Å². The van der Waals surface area contributed by atoms with E-state index >= 15 is 0 Å². The SMILES string of the molecule is Cc1cc(C#N)cc(C)c1OCc1ccc(F)c(F)c1. The molecule has 4 heteroatoms. The maximum Gasteiger partial charge on any atom is 0.159 e. The van der Waals surface area contributed by atoms with Crippen molar-refractivity contribution in [3.63, 3.8) is 0 Å². The summed E-state index contributed by atoms with van der Waals surface area (Å²) in [4.78, 5) is 0. The minimum absolute atomic E-state index is 0.144. The summed E-state index contributed by atoms with van der Waals surface area (Å²) in [5.74, 6) is -1.10. The molecule has 0 atom stereocenters. The third-order valence-corrected chi connectivity index (χ3v) is 2.96. The molecule has 0 fully saturated rings. The number of nitrogens with zero attached hydrogens (tertiary/aromatic N) is 1. The molecule has 2 aromatic rings. The lowest BCUT2D eigenvalue weighted by Crippen LogP contribution is -2.00. The average molecular weight is 273 g/mol. The number of nitriles is 1. The van der Waals surface area contributed by atoms with E-state index in [1.807, 2.05) is 13.8 Å². The van der Waals surface area contributed by atoms with Gasteiger partial charge in [-0.1, -0.05) is 6.07 Å². The summed E-state index contributed by atoms with van der Waals surface area (Å²) < 4.78 is 31.6. The van der Waals surface area contributed by atoms with Gasteiger partial charge in [-0.15, -0.1) is 0 Å². The van der Waals surface area contributed by atoms with Crippen LogP contribution in [0.5, 0.6) is 5.75 Å². The minimum atomic E-state index is -0.889. The van der Waals surface area contributed by atoms with Gasteiger partial charge in [-0.05, 0) is 54.8 Å². The molecule has 0 heterocycles. The Morgan fingerprint density at radius 1 is 1.05 bits per heavy atom. The quantitative estimate of drug-likeness (QED) is 0.845. The Kier molecular flexibility index (Phi) is 3.99. The van der Waals surface area contributed by atoms with Crippen LogP contribution in [0.4, 0.5) is 8.78 Å². The van der Waals surface area contributed by atoms with E-state index in [2.05, 4.69) is 6.07 Å². The van der Waals surface area contributed by atoms with Crippen LogP contribution >= 0.6 is 0 Å². The first kappa shape index (κ1) is 14.0. The van der Waals surface area contributed by atoms with Crippen LogP contribution < -0.4 is 4.74 Å². The first-order chi connectivity index (χ1) is 9.51. The third-order valence-electron chi connectivity index (χ3n) is 2.96. The normalized spacial score (nSPS) is 10.2. The Morgan fingerprint density at radius 3 is 2.25 bits per heavy atom. The molecule has 0 aromatic heterocycles. The van der Waals surface area contributed by atoms with Crippen molar-refractivity contribution >= 4 is 0 Å². The topological polar surface area (TPSA) is 33.0 Å². The van der Waals surface area contributed by atoms with Gasteiger partial charge < -0.3 is 4.74 Å². The van der Waals surface area contributed by atoms with Crippen molar-refractivity contribution < 1.29 is 13.5 Å². The Labute approximate surface area is 116 Å². The Morgan fingerprint density at radius 2 is 1.70 bits per heavy atom. The van der Waals surface area contributed by atoms with Gasteiger partial charge in [0.1, 0.15) is 12.4 Å². The lowest BCUT2D eigenvalue weighted by molar-refractivity contribution is 0.301. The number of halogens is 2. The van der Waals surface area contributed by atoms with Gasteiger partial charge in [-0.2, -0.15) is 5.26 Å². The second-order valence-electron chi connectivity index (χ2n) is 4.59. The predicted octanol–water partition coefficient (Wildman–Crippen LogP) is 4.03. The molecule has 0 aliphatic rings. The van der Waals surface area contributed by atoms with Crippen molar-refractivity contribution in [1.82, 2.24) is 0 Å². The van der Waals surface area contributed by atoms with Crippen LogP contribution in [0.15, 0.2) is 30.3 Å². The van der Waals surface area contributed by atoms with Crippen molar-refractivity contribution in [2.45, 2.75) is 20.5 Å². The van der Waals surface area contributed by atoms with E-state index in [1.54, 1.807) is 12.1 Å². The van der Waals surface area contributed by atoms with E-state index in [0.29, 0.717) is 16.9 Å². The van der Waals surface area contributed by atoms with Crippen molar-refractivity contribution in [3.05, 3.63) is 64.2 Å². The standard InChI is InChI=1S/C16H13F2NO/c1-10-5-13(8-19)6-11(2)16(10)20-9-12-3-4-14(17)15(18)7-12/h3-7H,9H2,1-2H3. The molecular formula is C16H13F2NO. The predicted molar refractivity (Wildman–Crippen MR) is 71.3 cm³/mol. The highest BCUT2D eigenvalue weighted by atomic mass is 19.2. The van der Waals surface area contributed by atoms with Gasteiger partial charge in [0, 0.05) is 0 Å². The molecule has 0 aliphatic heterocycles. The van der Waals surface area contributed by atoms with Crippen LogP contribution in [0.2, 0.25) is 0 Å². The largest absolute Gasteiger partial charge is 0.488 e. The first-order valence-corrected chi connectivity index (χ1v) is 6.09. The van der Waals surface area contributed by atoms with E-state index < -0.39 is 11.6 Å². The smallest absolute Gasteiger partial charge is 0.159 e. The molecule has 0 bridgehead atoms. The van der Waals surface area contributed by atoms with Crippen LogP contribution in [-0.4, -0.2) is 0 Å². The molecule has 0 unspecified atom stereocenters. The summed E-state index contributed by atoms with van der Waals surface area (Å²) in [6, 6.07) is 9.21. The molecule has 0 radical (unpaired) electrons. The lowest BCUT2D eigenvalue weighted by Gasteiger charge is -2.12. The van der Waals surface area contributed by atoms with Crippen molar-refractivity contribution in [2.75, 3.05) is 0 Å². The van der Waals surface area contributed by atoms with Gasteiger partial charge in [0.2, 0.25) is 0 Å². The molecule has 0 aliphatic carbocycles.